The molecule has 2 saturated heterocycles. The first-order valence-electron chi connectivity index (χ1n) is 11.9. The largest absolute Gasteiger partial charge is 0.393 e. The summed E-state index contributed by atoms with van der Waals surface area (Å²) in [5, 5.41) is 46.8. The van der Waals surface area contributed by atoms with Crippen molar-refractivity contribution in [3.8, 4) is 0 Å². The van der Waals surface area contributed by atoms with Gasteiger partial charge in [0.2, 0.25) is 0 Å². The minimum absolute atomic E-state index is 0.271. The van der Waals surface area contributed by atoms with Crippen LogP contribution in [0.2, 0.25) is 0 Å². The molecule has 2 aliphatic heterocycles. The van der Waals surface area contributed by atoms with Crippen LogP contribution in [0.4, 0.5) is 0 Å². The van der Waals surface area contributed by atoms with Crippen LogP contribution in [-0.2, 0) is 0 Å². The summed E-state index contributed by atoms with van der Waals surface area (Å²) in [5.41, 5.74) is -1.49. The van der Waals surface area contributed by atoms with E-state index in [9.17, 15) is 20.6 Å². The van der Waals surface area contributed by atoms with E-state index in [4.69, 9.17) is 0 Å². The van der Waals surface area contributed by atoms with Crippen molar-refractivity contribution in [2.75, 3.05) is 0 Å². The van der Waals surface area contributed by atoms with Crippen LogP contribution < -0.4 is 0 Å². The molecule has 6 heteroatoms. The summed E-state index contributed by atoms with van der Waals surface area (Å²) in [6, 6.07) is 0. The van der Waals surface area contributed by atoms with Crippen molar-refractivity contribution in [1.29, 1.82) is 0 Å². The standard InChI is InChI=1S/C23H42N2O4/c1-20(2)13-18(26)16-23(24(20)28)10-7-17(12-23)11-21(3)14-19(27)15-22(25(21)29)8-5-4-6-9-22/h17-19,26-29H,4-16H2,1-3H3. The zero-order valence-electron chi connectivity index (χ0n) is 18.6. The Morgan fingerprint density at radius 3 is 2.03 bits per heavy atom. The lowest BCUT2D eigenvalue weighted by atomic mass is 9.68. The van der Waals surface area contributed by atoms with Crippen molar-refractivity contribution >= 4 is 0 Å². The van der Waals surface area contributed by atoms with Gasteiger partial charge in [0.05, 0.1) is 12.2 Å². The third-order valence-corrected chi connectivity index (χ3v) is 8.82. The van der Waals surface area contributed by atoms with Crippen molar-refractivity contribution in [2.45, 2.75) is 139 Å². The zero-order chi connectivity index (χ0) is 21.1. The van der Waals surface area contributed by atoms with E-state index in [1.807, 2.05) is 13.8 Å². The van der Waals surface area contributed by atoms with Gasteiger partial charge in [0.1, 0.15) is 0 Å². The minimum atomic E-state index is -0.436. The molecule has 6 nitrogen and oxygen atoms in total. The summed E-state index contributed by atoms with van der Waals surface area (Å²) in [5.74, 6) is 0.372. The fraction of sp³-hybridized carbons (Fsp3) is 1.00. The molecule has 0 aromatic carbocycles. The van der Waals surface area contributed by atoms with Gasteiger partial charge >= 0.3 is 0 Å². The normalized spacial score (nSPS) is 45.8. The summed E-state index contributed by atoms with van der Waals surface area (Å²) < 4.78 is 0. The first-order chi connectivity index (χ1) is 13.5. The second-order valence-corrected chi connectivity index (χ2v) is 11.9. The number of aliphatic hydroxyl groups excluding tert-OH is 2. The maximum Gasteiger partial charge on any atom is 0.0577 e. The number of hydrogen-bond acceptors (Lipinski definition) is 6. The van der Waals surface area contributed by atoms with E-state index in [1.165, 1.54) is 6.42 Å². The van der Waals surface area contributed by atoms with E-state index in [2.05, 4.69) is 6.92 Å². The summed E-state index contributed by atoms with van der Waals surface area (Å²) >= 11 is 0. The van der Waals surface area contributed by atoms with Crippen LogP contribution in [-0.4, -0.2) is 65.1 Å². The maximum absolute atomic E-state index is 11.4. The number of aliphatic hydroxyl groups is 2. The Morgan fingerprint density at radius 2 is 1.34 bits per heavy atom. The summed E-state index contributed by atoms with van der Waals surface area (Å²) in [4.78, 5) is 0. The molecule has 4 fully saturated rings. The lowest BCUT2D eigenvalue weighted by molar-refractivity contribution is -0.285. The highest BCUT2D eigenvalue weighted by Crippen LogP contribution is 2.53. The van der Waals surface area contributed by atoms with Crippen molar-refractivity contribution in [3.63, 3.8) is 0 Å². The van der Waals surface area contributed by atoms with Gasteiger partial charge in [-0.05, 0) is 90.9 Å². The van der Waals surface area contributed by atoms with Gasteiger partial charge in [-0.15, -0.1) is 0 Å². The van der Waals surface area contributed by atoms with E-state index < -0.39 is 11.1 Å². The maximum atomic E-state index is 11.4. The molecule has 4 aliphatic rings. The number of nitrogens with zero attached hydrogens (tertiary/aromatic N) is 2. The molecule has 168 valence electrons. The van der Waals surface area contributed by atoms with Crippen molar-refractivity contribution < 1.29 is 20.6 Å². The number of piperidine rings is 2. The molecule has 2 spiro atoms. The number of hydrogen-bond donors (Lipinski definition) is 4. The molecular formula is C23H42N2O4. The molecule has 2 aliphatic carbocycles. The van der Waals surface area contributed by atoms with E-state index in [0.29, 0.717) is 31.6 Å². The molecule has 2 saturated carbocycles. The van der Waals surface area contributed by atoms with Gasteiger partial charge in [0.15, 0.2) is 0 Å². The van der Waals surface area contributed by atoms with E-state index in [0.717, 1.165) is 51.4 Å². The molecule has 0 aromatic rings. The van der Waals surface area contributed by atoms with E-state index in [1.54, 1.807) is 10.1 Å². The van der Waals surface area contributed by atoms with Crippen LogP contribution >= 0.6 is 0 Å². The molecule has 5 atom stereocenters. The summed E-state index contributed by atoms with van der Waals surface area (Å²) in [6.45, 7) is 6.13. The highest BCUT2D eigenvalue weighted by atomic mass is 16.5. The topological polar surface area (TPSA) is 87.4 Å². The molecule has 0 bridgehead atoms. The number of rotatable bonds is 2. The van der Waals surface area contributed by atoms with Crippen LogP contribution in [0.15, 0.2) is 0 Å². The van der Waals surface area contributed by atoms with Crippen LogP contribution in [0.5, 0.6) is 0 Å². The SMILES string of the molecule is CC1(C)CC(O)CC2(CCC(CC3(C)CC(O)CC4(CCCCC4)N3O)C2)N1O. The Labute approximate surface area is 175 Å². The predicted molar refractivity (Wildman–Crippen MR) is 111 cm³/mol. The molecule has 0 aromatic heterocycles. The smallest absolute Gasteiger partial charge is 0.0577 e. The van der Waals surface area contributed by atoms with E-state index in [-0.39, 0.29) is 23.3 Å². The molecule has 29 heavy (non-hydrogen) atoms. The van der Waals surface area contributed by atoms with Gasteiger partial charge in [-0.2, -0.15) is 10.1 Å². The van der Waals surface area contributed by atoms with Crippen molar-refractivity contribution in [1.82, 2.24) is 10.1 Å². The molecule has 2 heterocycles. The monoisotopic (exact) mass is 410 g/mol. The average Bonchev–Trinajstić information content (AvgIpc) is 3.01. The van der Waals surface area contributed by atoms with Crippen LogP contribution in [0.1, 0.15) is 104 Å². The van der Waals surface area contributed by atoms with Gasteiger partial charge in [0, 0.05) is 22.2 Å². The first kappa shape index (κ1) is 22.0. The van der Waals surface area contributed by atoms with Crippen LogP contribution in [0.25, 0.3) is 0 Å². The molecule has 0 radical (unpaired) electrons. The Hall–Kier alpha value is -0.240. The van der Waals surface area contributed by atoms with Crippen molar-refractivity contribution in [3.05, 3.63) is 0 Å². The highest BCUT2D eigenvalue weighted by Gasteiger charge is 2.56. The number of hydroxylamine groups is 4. The third kappa shape index (κ3) is 3.79. The Balaban J connectivity index is 1.50. The van der Waals surface area contributed by atoms with Gasteiger partial charge in [-0.1, -0.05) is 19.3 Å². The Bertz CT molecular complexity index is 608. The highest BCUT2D eigenvalue weighted by molar-refractivity contribution is 5.09. The minimum Gasteiger partial charge on any atom is -0.393 e. The van der Waals surface area contributed by atoms with Crippen LogP contribution in [0.3, 0.4) is 0 Å². The fourth-order valence-corrected chi connectivity index (χ4v) is 7.85. The quantitative estimate of drug-likeness (QED) is 0.553. The lowest BCUT2D eigenvalue weighted by Crippen LogP contribution is -2.65. The summed E-state index contributed by atoms with van der Waals surface area (Å²) in [6.07, 6.45) is 10.7. The first-order valence-corrected chi connectivity index (χ1v) is 11.9. The molecule has 4 rings (SSSR count). The zero-order valence-corrected chi connectivity index (χ0v) is 18.6. The molecular weight excluding hydrogens is 368 g/mol. The molecule has 4 N–H and O–H groups in total. The third-order valence-electron chi connectivity index (χ3n) is 8.82. The molecule has 0 amide bonds. The fourth-order valence-electron chi connectivity index (χ4n) is 7.85. The summed E-state index contributed by atoms with van der Waals surface area (Å²) in [7, 11) is 0. The van der Waals surface area contributed by atoms with Gasteiger partial charge in [0.25, 0.3) is 0 Å². The lowest BCUT2D eigenvalue weighted by Gasteiger charge is -2.57. The van der Waals surface area contributed by atoms with E-state index >= 15 is 0 Å². The second kappa shape index (κ2) is 7.42. The van der Waals surface area contributed by atoms with Crippen molar-refractivity contribution in [2.24, 2.45) is 5.92 Å². The second-order valence-electron chi connectivity index (χ2n) is 11.9. The molecule has 5 unspecified atom stereocenters. The Morgan fingerprint density at radius 1 is 0.724 bits per heavy atom. The Kier molecular flexibility index (Phi) is 5.62. The predicted octanol–water partition coefficient (Wildman–Crippen LogP) is 3.85. The van der Waals surface area contributed by atoms with Gasteiger partial charge < -0.3 is 20.6 Å². The van der Waals surface area contributed by atoms with Crippen LogP contribution in [0, 0.1) is 5.92 Å². The average molecular weight is 411 g/mol. The van der Waals surface area contributed by atoms with Gasteiger partial charge in [-0.25, -0.2) is 0 Å². The van der Waals surface area contributed by atoms with Gasteiger partial charge in [-0.3, -0.25) is 0 Å².